The van der Waals surface area contributed by atoms with Gasteiger partial charge in [0.15, 0.2) is 5.96 Å². The Morgan fingerprint density at radius 3 is 2.90 bits per heavy atom. The molecule has 5 heteroatoms. The topological polar surface area (TPSA) is 32.6 Å². The number of hydrogen-bond acceptors (Lipinski definition) is 1. The van der Waals surface area contributed by atoms with E-state index in [1.165, 1.54) is 25.0 Å². The zero-order valence-electron chi connectivity index (χ0n) is 12.9. The number of aryl methyl sites for hydroxylation is 1. The molecule has 0 saturated heterocycles. The molecule has 1 fully saturated rings. The molecule has 0 spiro atoms. The number of aliphatic imine (C=N–C) groups is 1. The van der Waals surface area contributed by atoms with E-state index in [9.17, 15) is 0 Å². The molecule has 1 heterocycles. The van der Waals surface area contributed by atoms with Crippen molar-refractivity contribution in [2.45, 2.75) is 38.8 Å². The van der Waals surface area contributed by atoms with Gasteiger partial charge in [-0.3, -0.25) is 4.99 Å². The molecule has 112 valence electrons. The maximum Gasteiger partial charge on any atom is 0.193 e. The van der Waals surface area contributed by atoms with E-state index in [4.69, 9.17) is 0 Å². The molecule has 0 aliphatic heterocycles. The lowest BCUT2D eigenvalue weighted by molar-refractivity contribution is 0.458. The maximum atomic E-state index is 4.41. The SMILES string of the molecule is CCCC1CC1NC(=NC)N(C)Cc1cc(Br)cn1C. The minimum Gasteiger partial charge on any atom is -0.353 e. The van der Waals surface area contributed by atoms with Gasteiger partial charge in [0.25, 0.3) is 0 Å². The molecule has 20 heavy (non-hydrogen) atoms. The summed E-state index contributed by atoms with van der Waals surface area (Å²) < 4.78 is 3.27. The number of nitrogens with one attached hydrogen (secondary N) is 1. The van der Waals surface area contributed by atoms with E-state index in [0.29, 0.717) is 6.04 Å². The van der Waals surface area contributed by atoms with Crippen LogP contribution in [0.25, 0.3) is 0 Å². The molecular weight excluding hydrogens is 316 g/mol. The third-order valence-electron chi connectivity index (χ3n) is 3.94. The normalized spacial score (nSPS) is 21.9. The van der Waals surface area contributed by atoms with Crippen molar-refractivity contribution in [3.8, 4) is 0 Å². The zero-order valence-corrected chi connectivity index (χ0v) is 14.4. The first-order chi connectivity index (χ1) is 9.55. The molecule has 0 aromatic carbocycles. The molecule has 0 amide bonds. The summed E-state index contributed by atoms with van der Waals surface area (Å²) >= 11 is 3.52. The minimum atomic E-state index is 0.622. The first-order valence-corrected chi connectivity index (χ1v) is 8.09. The van der Waals surface area contributed by atoms with Gasteiger partial charge in [-0.05, 0) is 40.8 Å². The Bertz CT molecular complexity index is 480. The Balaban J connectivity index is 1.90. The van der Waals surface area contributed by atoms with Crippen LogP contribution >= 0.6 is 15.9 Å². The minimum absolute atomic E-state index is 0.622. The Labute approximate surface area is 130 Å². The smallest absolute Gasteiger partial charge is 0.193 e. The summed E-state index contributed by atoms with van der Waals surface area (Å²) in [5.41, 5.74) is 1.27. The van der Waals surface area contributed by atoms with Crippen molar-refractivity contribution in [2.24, 2.45) is 18.0 Å². The van der Waals surface area contributed by atoms with Crippen LogP contribution in [0.1, 0.15) is 31.9 Å². The van der Waals surface area contributed by atoms with Crippen LogP contribution in [0.2, 0.25) is 0 Å². The fourth-order valence-corrected chi connectivity index (χ4v) is 3.24. The van der Waals surface area contributed by atoms with Crippen molar-refractivity contribution in [2.75, 3.05) is 14.1 Å². The number of halogens is 1. The van der Waals surface area contributed by atoms with Crippen molar-refractivity contribution in [1.82, 2.24) is 14.8 Å². The summed E-state index contributed by atoms with van der Waals surface area (Å²) in [7, 11) is 6.02. The molecule has 4 nitrogen and oxygen atoms in total. The van der Waals surface area contributed by atoms with Crippen LogP contribution in [-0.2, 0) is 13.6 Å². The van der Waals surface area contributed by atoms with Crippen LogP contribution < -0.4 is 5.32 Å². The van der Waals surface area contributed by atoms with E-state index in [1.54, 1.807) is 0 Å². The Morgan fingerprint density at radius 1 is 1.60 bits per heavy atom. The predicted octanol–water partition coefficient (Wildman–Crippen LogP) is 2.98. The first kappa shape index (κ1) is 15.4. The predicted molar refractivity (Wildman–Crippen MR) is 87.9 cm³/mol. The van der Waals surface area contributed by atoms with Gasteiger partial charge in [-0.15, -0.1) is 0 Å². The second-order valence-corrected chi connectivity index (χ2v) is 6.61. The fraction of sp³-hybridized carbons (Fsp3) is 0.667. The van der Waals surface area contributed by atoms with Crippen LogP contribution in [0, 0.1) is 5.92 Å². The van der Waals surface area contributed by atoms with Gasteiger partial charge >= 0.3 is 0 Å². The quantitative estimate of drug-likeness (QED) is 0.660. The van der Waals surface area contributed by atoms with Crippen LogP contribution in [0.5, 0.6) is 0 Å². The molecule has 2 rings (SSSR count). The molecule has 0 bridgehead atoms. The third kappa shape index (κ3) is 3.78. The van der Waals surface area contributed by atoms with Gasteiger partial charge < -0.3 is 14.8 Å². The Kier molecular flexibility index (Phi) is 5.13. The summed E-state index contributed by atoms with van der Waals surface area (Å²) in [5.74, 6) is 1.83. The maximum absolute atomic E-state index is 4.41. The average Bonchev–Trinajstić information content (AvgIpc) is 3.05. The van der Waals surface area contributed by atoms with Crippen LogP contribution in [0.15, 0.2) is 21.7 Å². The molecule has 2 unspecified atom stereocenters. The van der Waals surface area contributed by atoms with Crippen LogP contribution in [0.4, 0.5) is 0 Å². The highest BCUT2D eigenvalue weighted by molar-refractivity contribution is 9.10. The van der Waals surface area contributed by atoms with Crippen molar-refractivity contribution in [1.29, 1.82) is 0 Å². The van der Waals surface area contributed by atoms with E-state index in [2.05, 4.69) is 69.0 Å². The second kappa shape index (κ2) is 6.66. The van der Waals surface area contributed by atoms with E-state index >= 15 is 0 Å². The molecule has 1 N–H and O–H groups in total. The van der Waals surface area contributed by atoms with Crippen molar-refractivity contribution in [3.63, 3.8) is 0 Å². The van der Waals surface area contributed by atoms with Crippen molar-refractivity contribution in [3.05, 3.63) is 22.4 Å². The Hall–Kier alpha value is -0.970. The summed E-state index contributed by atoms with van der Waals surface area (Å²) in [4.78, 5) is 6.59. The number of rotatable bonds is 5. The van der Waals surface area contributed by atoms with E-state index in [-0.39, 0.29) is 0 Å². The standard InChI is InChI=1S/C15H25BrN4/c1-5-6-11-7-14(11)18-15(17-2)20(4)10-13-8-12(16)9-19(13)3/h8-9,11,14H,5-7,10H2,1-4H3,(H,17,18). The van der Waals surface area contributed by atoms with Crippen molar-refractivity contribution >= 4 is 21.9 Å². The molecule has 1 aromatic rings. The summed E-state index contributed by atoms with van der Waals surface area (Å²) in [6, 6.07) is 2.78. The van der Waals surface area contributed by atoms with Gasteiger partial charge in [0.1, 0.15) is 0 Å². The lowest BCUT2D eigenvalue weighted by atomic mass is 10.2. The lowest BCUT2D eigenvalue weighted by Gasteiger charge is -2.22. The van der Waals surface area contributed by atoms with Crippen LogP contribution in [0.3, 0.4) is 0 Å². The van der Waals surface area contributed by atoms with Gasteiger partial charge in [-0.2, -0.15) is 0 Å². The van der Waals surface area contributed by atoms with Crippen molar-refractivity contribution < 1.29 is 0 Å². The number of aromatic nitrogens is 1. The molecule has 0 radical (unpaired) electrons. The zero-order chi connectivity index (χ0) is 14.7. The summed E-state index contributed by atoms with van der Waals surface area (Å²) in [6.45, 7) is 3.11. The number of hydrogen-bond donors (Lipinski definition) is 1. The molecule has 1 aromatic heterocycles. The van der Waals surface area contributed by atoms with E-state index < -0.39 is 0 Å². The summed E-state index contributed by atoms with van der Waals surface area (Å²) in [5, 5.41) is 3.58. The molecule has 1 aliphatic rings. The highest BCUT2D eigenvalue weighted by Crippen LogP contribution is 2.34. The van der Waals surface area contributed by atoms with Gasteiger partial charge in [-0.25, -0.2) is 0 Å². The molecule has 2 atom stereocenters. The van der Waals surface area contributed by atoms with Gasteiger partial charge in [0, 0.05) is 43.5 Å². The molecular formula is C15H25BrN4. The number of guanidine groups is 1. The highest BCUT2D eigenvalue weighted by Gasteiger charge is 2.37. The monoisotopic (exact) mass is 340 g/mol. The number of nitrogens with zero attached hydrogens (tertiary/aromatic N) is 3. The first-order valence-electron chi connectivity index (χ1n) is 7.30. The van der Waals surface area contributed by atoms with Gasteiger partial charge in [0.05, 0.1) is 6.54 Å². The molecule has 1 aliphatic carbocycles. The van der Waals surface area contributed by atoms with Crippen LogP contribution in [-0.4, -0.2) is 35.6 Å². The lowest BCUT2D eigenvalue weighted by Crippen LogP contribution is -2.40. The largest absolute Gasteiger partial charge is 0.353 e. The average molecular weight is 341 g/mol. The summed E-state index contributed by atoms with van der Waals surface area (Å²) in [6.07, 6.45) is 5.96. The van der Waals surface area contributed by atoms with Gasteiger partial charge in [0.2, 0.25) is 0 Å². The van der Waals surface area contributed by atoms with Gasteiger partial charge in [-0.1, -0.05) is 13.3 Å². The second-order valence-electron chi connectivity index (χ2n) is 5.70. The Morgan fingerprint density at radius 2 is 2.35 bits per heavy atom. The third-order valence-corrected chi connectivity index (χ3v) is 4.38. The fourth-order valence-electron chi connectivity index (χ4n) is 2.67. The van der Waals surface area contributed by atoms with E-state index in [1.807, 2.05) is 7.05 Å². The molecule has 1 saturated carbocycles. The van der Waals surface area contributed by atoms with E-state index in [0.717, 1.165) is 22.9 Å². The highest BCUT2D eigenvalue weighted by atomic mass is 79.9.